The molecule has 0 spiro atoms. The van der Waals surface area contributed by atoms with E-state index in [1.54, 1.807) is 18.2 Å². The maximum atomic E-state index is 12.7. The van der Waals surface area contributed by atoms with Crippen molar-refractivity contribution in [2.45, 2.75) is 20.3 Å². The minimum absolute atomic E-state index is 0.252. The van der Waals surface area contributed by atoms with Crippen LogP contribution in [0.15, 0.2) is 39.2 Å². The van der Waals surface area contributed by atoms with Crippen molar-refractivity contribution in [1.82, 2.24) is 4.98 Å². The zero-order valence-corrected chi connectivity index (χ0v) is 15.0. The van der Waals surface area contributed by atoms with Gasteiger partial charge in [0.2, 0.25) is 0 Å². The van der Waals surface area contributed by atoms with Gasteiger partial charge in [-0.2, -0.15) is 0 Å². The van der Waals surface area contributed by atoms with Crippen LogP contribution in [0.2, 0.25) is 5.02 Å². The number of hydrogen-bond acceptors (Lipinski definition) is 3. The van der Waals surface area contributed by atoms with E-state index in [4.69, 9.17) is 16.0 Å². The minimum atomic E-state index is -0.252. The van der Waals surface area contributed by atoms with E-state index in [2.05, 4.69) is 26.2 Å². The number of amides is 1. The third-order valence-corrected chi connectivity index (χ3v) is 4.43. The Morgan fingerprint density at radius 1 is 1.39 bits per heavy atom. The number of hydrogen-bond donors (Lipinski definition) is 1. The smallest absolute Gasteiger partial charge is 0.258 e. The van der Waals surface area contributed by atoms with Gasteiger partial charge < -0.3 is 9.73 Å². The Balaban J connectivity index is 2.03. The molecule has 0 aliphatic heterocycles. The fraction of sp³-hybridized carbons (Fsp3) is 0.176. The lowest BCUT2D eigenvalue weighted by molar-refractivity contribution is 0.102. The Bertz CT molecular complexity index is 905. The number of aromatic nitrogens is 1. The van der Waals surface area contributed by atoms with E-state index >= 15 is 0 Å². The van der Waals surface area contributed by atoms with Gasteiger partial charge in [0.05, 0.1) is 5.56 Å². The molecule has 0 unspecified atom stereocenters. The molecule has 2 aromatic carbocycles. The average molecular weight is 394 g/mol. The largest absolute Gasteiger partial charge is 0.441 e. The molecule has 0 fully saturated rings. The standard InChI is InChI=1S/C17H14BrClN2O2/c1-3-15-21-16-11(7-10(18)8-14(16)23-15)17(22)20-13-6-4-5-12(19)9(13)2/h4-8H,3H2,1-2H3,(H,20,22). The second-order valence-electron chi connectivity index (χ2n) is 5.13. The lowest BCUT2D eigenvalue weighted by atomic mass is 10.1. The van der Waals surface area contributed by atoms with Crippen LogP contribution in [0.3, 0.4) is 0 Å². The Kier molecular flexibility index (Phi) is 4.41. The highest BCUT2D eigenvalue weighted by atomic mass is 79.9. The molecule has 1 N–H and O–H groups in total. The molecule has 1 heterocycles. The quantitative estimate of drug-likeness (QED) is 0.651. The molecule has 1 amide bonds. The SMILES string of the molecule is CCc1nc2c(C(=O)Nc3cccc(Cl)c3C)cc(Br)cc2o1. The molecule has 6 heteroatoms. The van der Waals surface area contributed by atoms with Crippen molar-refractivity contribution in [2.75, 3.05) is 5.32 Å². The second kappa shape index (κ2) is 6.34. The summed E-state index contributed by atoms with van der Waals surface area (Å²) in [5.41, 5.74) is 3.10. The molecule has 118 valence electrons. The van der Waals surface area contributed by atoms with Crippen molar-refractivity contribution in [2.24, 2.45) is 0 Å². The number of anilines is 1. The number of benzene rings is 2. The summed E-state index contributed by atoms with van der Waals surface area (Å²) >= 11 is 9.50. The van der Waals surface area contributed by atoms with Crippen LogP contribution in [-0.4, -0.2) is 10.9 Å². The first-order chi connectivity index (χ1) is 11.0. The fourth-order valence-electron chi connectivity index (χ4n) is 2.30. The van der Waals surface area contributed by atoms with Gasteiger partial charge in [-0.05, 0) is 36.8 Å². The maximum Gasteiger partial charge on any atom is 0.258 e. The highest BCUT2D eigenvalue weighted by Gasteiger charge is 2.17. The number of nitrogens with zero attached hydrogens (tertiary/aromatic N) is 1. The molecule has 0 radical (unpaired) electrons. The third-order valence-electron chi connectivity index (χ3n) is 3.57. The number of halogens is 2. The first-order valence-electron chi connectivity index (χ1n) is 7.15. The summed E-state index contributed by atoms with van der Waals surface area (Å²) in [6.45, 7) is 3.81. The van der Waals surface area contributed by atoms with Gasteiger partial charge >= 0.3 is 0 Å². The Morgan fingerprint density at radius 2 is 2.17 bits per heavy atom. The van der Waals surface area contributed by atoms with Gasteiger partial charge in [-0.25, -0.2) is 4.98 Å². The van der Waals surface area contributed by atoms with Crippen LogP contribution in [0, 0.1) is 6.92 Å². The van der Waals surface area contributed by atoms with Crippen molar-refractivity contribution >= 4 is 50.2 Å². The van der Waals surface area contributed by atoms with Crippen LogP contribution in [0.5, 0.6) is 0 Å². The van der Waals surface area contributed by atoms with Crippen molar-refractivity contribution in [3.05, 3.63) is 56.8 Å². The lowest BCUT2D eigenvalue weighted by Crippen LogP contribution is -2.13. The van der Waals surface area contributed by atoms with Crippen LogP contribution < -0.4 is 5.32 Å². The molecule has 4 nitrogen and oxygen atoms in total. The van der Waals surface area contributed by atoms with Crippen molar-refractivity contribution < 1.29 is 9.21 Å². The molecule has 0 aliphatic carbocycles. The third kappa shape index (κ3) is 3.12. The second-order valence-corrected chi connectivity index (χ2v) is 6.45. The molecule has 3 rings (SSSR count). The first kappa shape index (κ1) is 16.0. The molecule has 0 saturated carbocycles. The van der Waals surface area contributed by atoms with E-state index in [0.717, 1.165) is 10.0 Å². The zero-order chi connectivity index (χ0) is 16.6. The lowest BCUT2D eigenvalue weighted by Gasteiger charge is -2.10. The zero-order valence-electron chi connectivity index (χ0n) is 12.6. The normalized spacial score (nSPS) is 11.0. The summed E-state index contributed by atoms with van der Waals surface area (Å²) in [4.78, 5) is 17.1. The molecule has 0 atom stereocenters. The number of nitrogens with one attached hydrogen (secondary N) is 1. The number of aryl methyl sites for hydroxylation is 1. The van der Waals surface area contributed by atoms with E-state index < -0.39 is 0 Å². The molecule has 0 saturated heterocycles. The van der Waals surface area contributed by atoms with Crippen LogP contribution in [0.1, 0.15) is 28.7 Å². The summed E-state index contributed by atoms with van der Waals surface area (Å²) in [6.07, 6.45) is 0.667. The number of oxazole rings is 1. The summed E-state index contributed by atoms with van der Waals surface area (Å²) in [5.74, 6) is 0.351. The van der Waals surface area contributed by atoms with E-state index in [-0.39, 0.29) is 5.91 Å². The van der Waals surface area contributed by atoms with Gasteiger partial charge in [-0.3, -0.25) is 4.79 Å². The van der Waals surface area contributed by atoms with Gasteiger partial charge in [0.25, 0.3) is 5.91 Å². The monoisotopic (exact) mass is 392 g/mol. The summed E-state index contributed by atoms with van der Waals surface area (Å²) in [6, 6.07) is 8.94. The Hall–Kier alpha value is -1.85. The fourth-order valence-corrected chi connectivity index (χ4v) is 2.91. The van der Waals surface area contributed by atoms with Gasteiger partial charge in [0.1, 0.15) is 5.52 Å². The summed E-state index contributed by atoms with van der Waals surface area (Å²) < 4.78 is 6.40. The predicted octanol–water partition coefficient (Wildman–Crippen LogP) is 5.37. The van der Waals surface area contributed by atoms with E-state index in [1.165, 1.54) is 0 Å². The Morgan fingerprint density at radius 3 is 2.91 bits per heavy atom. The highest BCUT2D eigenvalue weighted by Crippen LogP contribution is 2.28. The van der Waals surface area contributed by atoms with Crippen molar-refractivity contribution in [1.29, 1.82) is 0 Å². The first-order valence-corrected chi connectivity index (χ1v) is 8.32. The van der Waals surface area contributed by atoms with Gasteiger partial charge in [-0.15, -0.1) is 0 Å². The van der Waals surface area contributed by atoms with E-state index in [1.807, 2.05) is 26.0 Å². The summed E-state index contributed by atoms with van der Waals surface area (Å²) in [7, 11) is 0. The predicted molar refractivity (Wildman–Crippen MR) is 95.2 cm³/mol. The number of rotatable bonds is 3. The van der Waals surface area contributed by atoms with Gasteiger partial charge in [0.15, 0.2) is 11.5 Å². The molecule has 23 heavy (non-hydrogen) atoms. The van der Waals surface area contributed by atoms with Crippen molar-refractivity contribution in [3.63, 3.8) is 0 Å². The van der Waals surface area contributed by atoms with Gasteiger partial charge in [-0.1, -0.05) is 40.5 Å². The number of carbonyl (C=O) groups is 1. The van der Waals surface area contributed by atoms with E-state index in [0.29, 0.717) is 39.7 Å². The topological polar surface area (TPSA) is 55.1 Å². The highest BCUT2D eigenvalue weighted by molar-refractivity contribution is 9.10. The van der Waals surface area contributed by atoms with Crippen LogP contribution in [0.4, 0.5) is 5.69 Å². The number of fused-ring (bicyclic) bond motifs is 1. The molecular formula is C17H14BrClN2O2. The average Bonchev–Trinajstić information content (AvgIpc) is 2.93. The van der Waals surface area contributed by atoms with E-state index in [9.17, 15) is 4.79 Å². The molecular weight excluding hydrogens is 380 g/mol. The molecule has 0 bridgehead atoms. The Labute approximate surface area is 147 Å². The van der Waals surface area contributed by atoms with Crippen LogP contribution >= 0.6 is 27.5 Å². The van der Waals surface area contributed by atoms with Crippen LogP contribution in [0.25, 0.3) is 11.1 Å². The van der Waals surface area contributed by atoms with Crippen LogP contribution in [-0.2, 0) is 6.42 Å². The molecule has 3 aromatic rings. The summed E-state index contributed by atoms with van der Waals surface area (Å²) in [5, 5.41) is 3.50. The molecule has 1 aromatic heterocycles. The maximum absolute atomic E-state index is 12.7. The molecule has 0 aliphatic rings. The minimum Gasteiger partial charge on any atom is -0.441 e. The number of carbonyl (C=O) groups excluding carboxylic acids is 1. The van der Waals surface area contributed by atoms with Crippen molar-refractivity contribution in [3.8, 4) is 0 Å². The van der Waals surface area contributed by atoms with Gasteiger partial charge in [0, 0.05) is 21.6 Å².